The molecule has 0 aliphatic carbocycles. The lowest BCUT2D eigenvalue weighted by molar-refractivity contribution is 0.0762. The van der Waals surface area contributed by atoms with E-state index in [-0.39, 0.29) is 15.8 Å². The molecule has 0 unspecified atom stereocenters. The van der Waals surface area contributed by atoms with Crippen LogP contribution in [0.25, 0.3) is 0 Å². The first-order chi connectivity index (χ1) is 12.3. The number of amides is 1. The van der Waals surface area contributed by atoms with E-state index in [1.807, 2.05) is 25.2 Å². The zero-order chi connectivity index (χ0) is 18.9. The second kappa shape index (κ2) is 7.36. The fourth-order valence-electron chi connectivity index (χ4n) is 3.04. The molecular weight excluding hydrogens is 374 g/mol. The Morgan fingerprint density at radius 3 is 2.58 bits per heavy atom. The maximum absolute atomic E-state index is 12.6. The van der Waals surface area contributed by atoms with E-state index in [1.165, 1.54) is 17.7 Å². The standard InChI is InChI=1S/C18H20ClN3O3S/c1-21(11-13-5-3-2-4-6-13)7-8-22-12-14-9-16(19)17(26(20,24)25)10-15(14)18(22)23/h2-6,9-10H,7-8,11-12H2,1H3,(H2,20,24,25). The highest BCUT2D eigenvalue weighted by atomic mass is 35.5. The second-order valence-corrected chi connectivity index (χ2v) is 8.37. The number of primary sulfonamides is 1. The third-order valence-corrected chi connectivity index (χ3v) is 5.77. The van der Waals surface area contributed by atoms with E-state index in [4.69, 9.17) is 16.7 Å². The molecule has 1 aliphatic rings. The Labute approximate surface area is 158 Å². The molecule has 1 heterocycles. The van der Waals surface area contributed by atoms with Crippen LogP contribution in [0.1, 0.15) is 21.5 Å². The van der Waals surface area contributed by atoms with Gasteiger partial charge in [-0.05, 0) is 30.3 Å². The summed E-state index contributed by atoms with van der Waals surface area (Å²) in [5, 5.41) is 5.20. The van der Waals surface area contributed by atoms with Crippen molar-refractivity contribution in [1.29, 1.82) is 0 Å². The summed E-state index contributed by atoms with van der Waals surface area (Å²) in [5.41, 5.74) is 2.28. The van der Waals surface area contributed by atoms with E-state index in [2.05, 4.69) is 17.0 Å². The van der Waals surface area contributed by atoms with E-state index < -0.39 is 10.0 Å². The normalized spacial score (nSPS) is 14.2. The second-order valence-electron chi connectivity index (χ2n) is 6.43. The van der Waals surface area contributed by atoms with Gasteiger partial charge in [0.1, 0.15) is 4.90 Å². The predicted molar refractivity (Wildman–Crippen MR) is 100 cm³/mol. The number of carbonyl (C=O) groups excluding carboxylic acids is 1. The van der Waals surface area contributed by atoms with Crippen LogP contribution in [0.3, 0.4) is 0 Å². The molecule has 2 N–H and O–H groups in total. The molecule has 26 heavy (non-hydrogen) atoms. The minimum Gasteiger partial charge on any atom is -0.333 e. The molecule has 0 atom stereocenters. The lowest BCUT2D eigenvalue weighted by Crippen LogP contribution is -2.33. The van der Waals surface area contributed by atoms with Gasteiger partial charge in [-0.3, -0.25) is 4.79 Å². The van der Waals surface area contributed by atoms with Crippen molar-refractivity contribution in [1.82, 2.24) is 9.80 Å². The first kappa shape index (κ1) is 18.8. The van der Waals surface area contributed by atoms with Crippen LogP contribution in [0, 0.1) is 0 Å². The number of halogens is 1. The smallest absolute Gasteiger partial charge is 0.254 e. The van der Waals surface area contributed by atoms with Crippen molar-refractivity contribution < 1.29 is 13.2 Å². The molecule has 0 bridgehead atoms. The largest absolute Gasteiger partial charge is 0.333 e. The van der Waals surface area contributed by atoms with Crippen molar-refractivity contribution >= 4 is 27.5 Å². The predicted octanol–water partition coefficient (Wildman–Crippen LogP) is 2.08. The molecule has 6 nitrogen and oxygen atoms in total. The summed E-state index contributed by atoms with van der Waals surface area (Å²) in [6, 6.07) is 12.9. The van der Waals surface area contributed by atoms with Crippen molar-refractivity contribution in [2.45, 2.75) is 18.0 Å². The summed E-state index contributed by atoms with van der Waals surface area (Å²) < 4.78 is 23.2. The first-order valence-corrected chi connectivity index (χ1v) is 10.0. The summed E-state index contributed by atoms with van der Waals surface area (Å²) in [7, 11) is -1.97. The highest BCUT2D eigenvalue weighted by Gasteiger charge is 2.30. The average molecular weight is 394 g/mol. The molecule has 0 saturated heterocycles. The van der Waals surface area contributed by atoms with Gasteiger partial charge in [0.15, 0.2) is 0 Å². The van der Waals surface area contributed by atoms with Crippen LogP contribution in [-0.4, -0.2) is 44.3 Å². The summed E-state index contributed by atoms with van der Waals surface area (Å²) in [6.45, 7) is 2.44. The number of sulfonamides is 1. The van der Waals surface area contributed by atoms with Crippen LogP contribution in [0.15, 0.2) is 47.4 Å². The number of hydrogen-bond donors (Lipinski definition) is 1. The van der Waals surface area contributed by atoms with E-state index in [0.29, 0.717) is 25.2 Å². The van der Waals surface area contributed by atoms with Crippen molar-refractivity contribution in [3.05, 3.63) is 64.2 Å². The minimum atomic E-state index is -3.97. The van der Waals surface area contributed by atoms with E-state index >= 15 is 0 Å². The third-order valence-electron chi connectivity index (χ3n) is 4.39. The highest BCUT2D eigenvalue weighted by molar-refractivity contribution is 7.89. The molecule has 3 rings (SSSR count). The van der Waals surface area contributed by atoms with Gasteiger partial charge in [0, 0.05) is 31.7 Å². The van der Waals surface area contributed by atoms with Gasteiger partial charge in [-0.15, -0.1) is 0 Å². The molecule has 0 radical (unpaired) electrons. The van der Waals surface area contributed by atoms with E-state index in [1.54, 1.807) is 4.90 Å². The number of nitrogens with two attached hydrogens (primary N) is 1. The van der Waals surface area contributed by atoms with Gasteiger partial charge in [0.05, 0.1) is 5.02 Å². The van der Waals surface area contributed by atoms with Crippen LogP contribution in [0.2, 0.25) is 5.02 Å². The average Bonchev–Trinajstić information content (AvgIpc) is 2.87. The van der Waals surface area contributed by atoms with Crippen LogP contribution < -0.4 is 5.14 Å². The Kier molecular flexibility index (Phi) is 5.34. The third kappa shape index (κ3) is 4.07. The van der Waals surface area contributed by atoms with Crippen LogP contribution in [0.5, 0.6) is 0 Å². The van der Waals surface area contributed by atoms with Gasteiger partial charge in [0.25, 0.3) is 5.91 Å². The van der Waals surface area contributed by atoms with E-state index in [9.17, 15) is 13.2 Å². The molecule has 2 aromatic rings. The molecule has 0 spiro atoms. The molecule has 1 amide bonds. The summed E-state index contributed by atoms with van der Waals surface area (Å²) >= 11 is 6.01. The first-order valence-electron chi connectivity index (χ1n) is 8.12. The minimum absolute atomic E-state index is 0.0436. The number of rotatable bonds is 6. The lowest BCUT2D eigenvalue weighted by Gasteiger charge is -2.21. The number of carbonyl (C=O) groups is 1. The Morgan fingerprint density at radius 2 is 1.92 bits per heavy atom. The highest BCUT2D eigenvalue weighted by Crippen LogP contribution is 2.30. The number of likely N-dealkylation sites (N-methyl/N-ethyl adjacent to an activating group) is 1. The topological polar surface area (TPSA) is 83.7 Å². The fourth-order valence-corrected chi connectivity index (χ4v) is 4.16. The molecule has 0 aromatic heterocycles. The summed E-state index contributed by atoms with van der Waals surface area (Å²) in [4.78, 5) is 16.2. The summed E-state index contributed by atoms with van der Waals surface area (Å²) in [6.07, 6.45) is 0. The van der Waals surface area contributed by atoms with Crippen LogP contribution >= 0.6 is 11.6 Å². The molecule has 2 aromatic carbocycles. The molecule has 138 valence electrons. The maximum Gasteiger partial charge on any atom is 0.254 e. The monoisotopic (exact) mass is 393 g/mol. The van der Waals surface area contributed by atoms with Gasteiger partial charge in [-0.1, -0.05) is 41.9 Å². The molecular formula is C18H20ClN3O3S. The van der Waals surface area contributed by atoms with Crippen molar-refractivity contribution in [2.24, 2.45) is 5.14 Å². The van der Waals surface area contributed by atoms with Gasteiger partial charge in [0.2, 0.25) is 10.0 Å². The quantitative estimate of drug-likeness (QED) is 0.814. The Bertz CT molecular complexity index is 932. The van der Waals surface area contributed by atoms with Gasteiger partial charge in [-0.25, -0.2) is 13.6 Å². The zero-order valence-corrected chi connectivity index (χ0v) is 15.9. The number of nitrogens with zero attached hydrogens (tertiary/aromatic N) is 2. The van der Waals surface area contributed by atoms with E-state index in [0.717, 1.165) is 12.1 Å². The molecule has 0 fully saturated rings. The van der Waals surface area contributed by atoms with Gasteiger partial charge >= 0.3 is 0 Å². The Balaban J connectivity index is 1.67. The van der Waals surface area contributed by atoms with Crippen molar-refractivity contribution in [2.75, 3.05) is 20.1 Å². The molecule has 8 heteroatoms. The lowest BCUT2D eigenvalue weighted by atomic mass is 10.1. The van der Waals surface area contributed by atoms with Gasteiger partial charge in [-0.2, -0.15) is 0 Å². The summed E-state index contributed by atoms with van der Waals surface area (Å²) in [5.74, 6) is -0.199. The number of benzene rings is 2. The zero-order valence-electron chi connectivity index (χ0n) is 14.4. The van der Waals surface area contributed by atoms with Crippen molar-refractivity contribution in [3.8, 4) is 0 Å². The van der Waals surface area contributed by atoms with Crippen LogP contribution in [0.4, 0.5) is 0 Å². The number of fused-ring (bicyclic) bond motifs is 1. The SMILES string of the molecule is CN(CCN1Cc2cc(Cl)c(S(N)(=O)=O)cc2C1=O)Cc1ccccc1. The fraction of sp³-hybridized carbons (Fsp3) is 0.278. The number of hydrogen-bond acceptors (Lipinski definition) is 4. The molecule has 0 saturated carbocycles. The van der Waals surface area contributed by atoms with Crippen LogP contribution in [-0.2, 0) is 23.1 Å². The Hall–Kier alpha value is -1.93. The molecule has 1 aliphatic heterocycles. The van der Waals surface area contributed by atoms with Crippen molar-refractivity contribution in [3.63, 3.8) is 0 Å². The maximum atomic E-state index is 12.6. The van der Waals surface area contributed by atoms with Gasteiger partial charge < -0.3 is 9.80 Å². The Morgan fingerprint density at radius 1 is 1.23 bits per heavy atom.